The maximum absolute atomic E-state index is 13.2. The Labute approximate surface area is 181 Å². The summed E-state index contributed by atoms with van der Waals surface area (Å²) in [5.74, 6) is -0.450. The number of fused-ring (bicyclic) bond motifs is 2. The highest BCUT2D eigenvalue weighted by atomic mass is 16.2. The van der Waals surface area contributed by atoms with Gasteiger partial charge in [0, 0.05) is 13.1 Å². The van der Waals surface area contributed by atoms with Gasteiger partial charge in [-0.2, -0.15) is 0 Å². The molecule has 0 radical (unpaired) electrons. The van der Waals surface area contributed by atoms with E-state index < -0.39 is 0 Å². The fourth-order valence-corrected chi connectivity index (χ4v) is 4.14. The summed E-state index contributed by atoms with van der Waals surface area (Å²) in [4.78, 5) is 29.8. The molecule has 152 valence electrons. The molecular formula is C27H22N2O2. The van der Waals surface area contributed by atoms with Crippen LogP contribution in [0.25, 0.3) is 10.8 Å². The average molecular weight is 406 g/mol. The van der Waals surface area contributed by atoms with Crippen LogP contribution in [0.15, 0.2) is 97.1 Å². The van der Waals surface area contributed by atoms with Gasteiger partial charge in [-0.05, 0) is 34.0 Å². The topological polar surface area (TPSA) is 40.6 Å². The molecule has 0 saturated heterocycles. The van der Waals surface area contributed by atoms with Crippen molar-refractivity contribution in [3.8, 4) is 0 Å². The largest absolute Gasteiger partial charge is 0.277 e. The molecule has 0 bridgehead atoms. The zero-order chi connectivity index (χ0) is 21.2. The highest BCUT2D eigenvalue weighted by molar-refractivity contribution is 6.23. The molecule has 0 unspecified atom stereocenters. The molecule has 0 spiro atoms. The third kappa shape index (κ3) is 3.86. The van der Waals surface area contributed by atoms with Crippen LogP contribution in [0, 0.1) is 0 Å². The lowest BCUT2D eigenvalue weighted by molar-refractivity contribution is 0.0521. The maximum atomic E-state index is 13.2. The van der Waals surface area contributed by atoms with Gasteiger partial charge in [-0.15, -0.1) is 0 Å². The van der Waals surface area contributed by atoms with Crippen LogP contribution in [-0.4, -0.2) is 28.3 Å². The quantitative estimate of drug-likeness (QED) is 0.419. The number of imide groups is 1. The van der Waals surface area contributed by atoms with E-state index >= 15 is 0 Å². The standard InChI is InChI=1S/C27H22N2O2/c30-26-24-15-22-13-7-8-14-23(22)16-25(24)27(31)29(26)19-28(17-20-9-3-1-4-10-20)18-21-11-5-2-6-12-21/h1-16H,17-19H2. The summed E-state index contributed by atoms with van der Waals surface area (Å²) in [5, 5.41) is 1.93. The van der Waals surface area contributed by atoms with E-state index in [0.29, 0.717) is 24.2 Å². The first-order chi connectivity index (χ1) is 15.2. The molecule has 0 fully saturated rings. The van der Waals surface area contributed by atoms with Crippen molar-refractivity contribution in [2.45, 2.75) is 13.1 Å². The minimum atomic E-state index is -0.225. The van der Waals surface area contributed by atoms with Crippen molar-refractivity contribution in [1.82, 2.24) is 9.80 Å². The molecule has 0 aliphatic carbocycles. The van der Waals surface area contributed by atoms with E-state index in [2.05, 4.69) is 29.2 Å². The van der Waals surface area contributed by atoms with E-state index in [1.54, 1.807) is 0 Å². The second-order valence-corrected chi connectivity index (χ2v) is 7.88. The SMILES string of the molecule is O=C1c2cc3ccccc3cc2C(=O)N1CN(Cc1ccccc1)Cc1ccccc1. The number of hydrogen-bond donors (Lipinski definition) is 0. The number of rotatable bonds is 6. The Morgan fingerprint density at radius 3 is 1.45 bits per heavy atom. The van der Waals surface area contributed by atoms with Crippen LogP contribution >= 0.6 is 0 Å². The van der Waals surface area contributed by atoms with Gasteiger partial charge in [0.05, 0.1) is 17.8 Å². The molecule has 4 aromatic carbocycles. The molecule has 4 nitrogen and oxygen atoms in total. The zero-order valence-corrected chi connectivity index (χ0v) is 17.1. The minimum absolute atomic E-state index is 0.225. The Hall–Kier alpha value is -3.76. The molecule has 2 amide bonds. The fraction of sp³-hybridized carbons (Fsp3) is 0.111. The summed E-state index contributed by atoms with van der Waals surface area (Å²) in [7, 11) is 0. The summed E-state index contributed by atoms with van der Waals surface area (Å²) < 4.78 is 0. The van der Waals surface area contributed by atoms with Gasteiger partial charge < -0.3 is 0 Å². The lowest BCUT2D eigenvalue weighted by atomic mass is 10.0. The smallest absolute Gasteiger partial charge is 0.262 e. The Balaban J connectivity index is 1.44. The second-order valence-electron chi connectivity index (χ2n) is 7.88. The van der Waals surface area contributed by atoms with E-state index in [1.165, 1.54) is 4.90 Å². The zero-order valence-electron chi connectivity index (χ0n) is 17.1. The van der Waals surface area contributed by atoms with Gasteiger partial charge in [0.2, 0.25) is 0 Å². The highest BCUT2D eigenvalue weighted by Gasteiger charge is 2.36. The monoisotopic (exact) mass is 406 g/mol. The first-order valence-electron chi connectivity index (χ1n) is 10.4. The molecule has 4 aromatic rings. The minimum Gasteiger partial charge on any atom is -0.277 e. The summed E-state index contributed by atoms with van der Waals surface area (Å²) >= 11 is 0. The van der Waals surface area contributed by atoms with Gasteiger partial charge in [-0.1, -0.05) is 84.9 Å². The normalized spacial score (nSPS) is 13.3. The van der Waals surface area contributed by atoms with Gasteiger partial charge in [0.15, 0.2) is 0 Å². The van der Waals surface area contributed by atoms with Crippen molar-refractivity contribution < 1.29 is 9.59 Å². The Morgan fingerprint density at radius 1 is 0.581 bits per heavy atom. The number of carbonyl (C=O) groups excluding carboxylic acids is 2. The molecule has 0 N–H and O–H groups in total. The lowest BCUT2D eigenvalue weighted by Gasteiger charge is -2.27. The number of nitrogens with zero attached hydrogens (tertiary/aromatic N) is 2. The molecule has 5 rings (SSSR count). The molecule has 4 heteroatoms. The fourth-order valence-electron chi connectivity index (χ4n) is 4.14. The van der Waals surface area contributed by atoms with Crippen molar-refractivity contribution in [2.24, 2.45) is 0 Å². The molecule has 0 aromatic heterocycles. The average Bonchev–Trinajstić information content (AvgIpc) is 3.03. The van der Waals surface area contributed by atoms with Gasteiger partial charge in [-0.25, -0.2) is 0 Å². The summed E-state index contributed by atoms with van der Waals surface area (Å²) in [6.07, 6.45) is 0. The Bertz CT molecular complexity index is 1160. The van der Waals surface area contributed by atoms with Crippen LogP contribution in [0.5, 0.6) is 0 Å². The van der Waals surface area contributed by atoms with Gasteiger partial charge in [-0.3, -0.25) is 19.4 Å². The van der Waals surface area contributed by atoms with Crippen molar-refractivity contribution in [2.75, 3.05) is 6.67 Å². The van der Waals surface area contributed by atoms with E-state index in [4.69, 9.17) is 0 Å². The summed E-state index contributed by atoms with van der Waals surface area (Å²) in [5.41, 5.74) is 3.26. The molecule has 0 saturated carbocycles. The number of hydrogen-bond acceptors (Lipinski definition) is 3. The summed E-state index contributed by atoms with van der Waals surface area (Å²) in [6, 6.07) is 31.7. The van der Waals surface area contributed by atoms with E-state index in [0.717, 1.165) is 21.9 Å². The van der Waals surface area contributed by atoms with Crippen LogP contribution in [-0.2, 0) is 13.1 Å². The van der Waals surface area contributed by atoms with Crippen molar-refractivity contribution in [1.29, 1.82) is 0 Å². The molecule has 0 atom stereocenters. The van der Waals surface area contributed by atoms with Crippen molar-refractivity contribution >= 4 is 22.6 Å². The molecule has 1 aliphatic rings. The molecule has 31 heavy (non-hydrogen) atoms. The highest BCUT2D eigenvalue weighted by Crippen LogP contribution is 2.28. The molecular weight excluding hydrogens is 384 g/mol. The van der Waals surface area contributed by atoms with Crippen molar-refractivity contribution in [3.05, 3.63) is 119 Å². The van der Waals surface area contributed by atoms with Gasteiger partial charge in [0.25, 0.3) is 11.8 Å². The van der Waals surface area contributed by atoms with E-state index in [-0.39, 0.29) is 18.5 Å². The number of benzene rings is 4. The second kappa shape index (κ2) is 8.17. The van der Waals surface area contributed by atoms with Crippen LogP contribution in [0.1, 0.15) is 31.8 Å². The number of amides is 2. The third-order valence-corrected chi connectivity index (χ3v) is 5.68. The maximum Gasteiger partial charge on any atom is 0.262 e. The predicted molar refractivity (Wildman–Crippen MR) is 121 cm³/mol. The van der Waals surface area contributed by atoms with Gasteiger partial charge in [0.1, 0.15) is 0 Å². The molecule has 1 heterocycles. The number of carbonyl (C=O) groups is 2. The van der Waals surface area contributed by atoms with E-state index in [1.807, 2.05) is 72.8 Å². The van der Waals surface area contributed by atoms with Crippen LogP contribution in [0.4, 0.5) is 0 Å². The Morgan fingerprint density at radius 2 is 1.00 bits per heavy atom. The first kappa shape index (κ1) is 19.2. The van der Waals surface area contributed by atoms with Crippen molar-refractivity contribution in [3.63, 3.8) is 0 Å². The van der Waals surface area contributed by atoms with Gasteiger partial charge >= 0.3 is 0 Å². The lowest BCUT2D eigenvalue weighted by Crippen LogP contribution is -2.40. The van der Waals surface area contributed by atoms with E-state index in [9.17, 15) is 9.59 Å². The first-order valence-corrected chi connectivity index (χ1v) is 10.4. The van der Waals surface area contributed by atoms with Crippen LogP contribution in [0.3, 0.4) is 0 Å². The summed E-state index contributed by atoms with van der Waals surface area (Å²) in [6.45, 7) is 1.53. The Kier molecular flexibility index (Phi) is 5.06. The molecule has 1 aliphatic heterocycles. The van der Waals surface area contributed by atoms with Crippen LogP contribution in [0.2, 0.25) is 0 Å². The van der Waals surface area contributed by atoms with Crippen LogP contribution < -0.4 is 0 Å². The third-order valence-electron chi connectivity index (χ3n) is 5.68. The predicted octanol–water partition coefficient (Wildman–Crippen LogP) is 5.10.